The molecule has 0 spiro atoms. The third-order valence-electron chi connectivity index (χ3n) is 18.7. The largest absolute Gasteiger partial charge is 0.497 e. The Balaban J connectivity index is 1.03. The molecule has 584 valence electrons. The molecule has 2 unspecified atom stereocenters. The fourth-order valence-electron chi connectivity index (χ4n) is 12.5. The van der Waals surface area contributed by atoms with Gasteiger partial charge in [0.25, 0.3) is 0 Å². The van der Waals surface area contributed by atoms with Crippen LogP contribution in [0.1, 0.15) is 100 Å². The smallest absolute Gasteiger partial charge is 0.305 e. The highest BCUT2D eigenvalue weighted by atomic mass is 19.1. The van der Waals surface area contributed by atoms with Crippen LogP contribution >= 0.6 is 0 Å². The number of aliphatic hydroxyl groups is 3. The van der Waals surface area contributed by atoms with E-state index in [2.05, 4.69) is 62.8 Å². The highest BCUT2D eigenvalue weighted by Crippen LogP contribution is 2.32. The van der Waals surface area contributed by atoms with Crippen molar-refractivity contribution in [1.29, 1.82) is 0 Å². The predicted octanol–water partition coefficient (Wildman–Crippen LogP) is 0.246. The number of benzene rings is 4. The Hall–Kier alpha value is -11.6. The van der Waals surface area contributed by atoms with Crippen molar-refractivity contribution in [3.05, 3.63) is 161 Å². The number of imidazole rings is 1. The van der Waals surface area contributed by atoms with Gasteiger partial charge in [-0.25, -0.2) is 9.37 Å². The van der Waals surface area contributed by atoms with Gasteiger partial charge in [0.1, 0.15) is 58.9 Å². The molecule has 4 aromatic carbocycles. The van der Waals surface area contributed by atoms with Gasteiger partial charge in [-0.3, -0.25) is 62.5 Å². The molecule has 0 bridgehead atoms. The maximum atomic E-state index is 15.5. The number of aliphatic hydroxyl groups excluding tert-OH is 3. The molecule has 7 rings (SSSR count). The number of carboxylic acid groups (broad SMARTS) is 2. The highest BCUT2D eigenvalue weighted by molar-refractivity contribution is 6.01. The number of likely N-dealkylation sites (tertiary alicyclic amines) is 1. The van der Waals surface area contributed by atoms with Crippen LogP contribution in [0.2, 0.25) is 0 Å². The van der Waals surface area contributed by atoms with Crippen LogP contribution in [-0.4, -0.2) is 215 Å². The number of aromatic nitrogens is 3. The molecule has 17 N–H and O–H groups in total. The summed E-state index contributed by atoms with van der Waals surface area (Å²) in [5, 5.41) is 73.6. The molecule has 32 nitrogen and oxygen atoms in total. The van der Waals surface area contributed by atoms with Gasteiger partial charge in [-0.1, -0.05) is 85.8 Å². The van der Waals surface area contributed by atoms with Gasteiger partial charge in [0.2, 0.25) is 59.1 Å². The Morgan fingerprint density at radius 1 is 0.706 bits per heavy atom. The van der Waals surface area contributed by atoms with E-state index >= 15 is 4.39 Å². The van der Waals surface area contributed by atoms with E-state index in [1.165, 1.54) is 36.4 Å². The molecular formula is C76H95FN14O18. The molecule has 3 heterocycles. The number of carbonyl (C=O) groups is 12. The van der Waals surface area contributed by atoms with E-state index < -0.39 is 181 Å². The van der Waals surface area contributed by atoms with Gasteiger partial charge in [0.15, 0.2) is 0 Å². The van der Waals surface area contributed by atoms with Crippen molar-refractivity contribution in [3.63, 3.8) is 0 Å². The maximum absolute atomic E-state index is 15.5. The molecular weight excluding hydrogens is 1420 g/mol. The molecule has 0 radical (unpaired) electrons. The lowest BCUT2D eigenvalue weighted by molar-refractivity contribution is -0.146. The second-order valence-electron chi connectivity index (χ2n) is 27.1. The Kier molecular flexibility index (Phi) is 30.6. The van der Waals surface area contributed by atoms with Crippen LogP contribution in [0.25, 0.3) is 22.4 Å². The van der Waals surface area contributed by atoms with Gasteiger partial charge in [0, 0.05) is 56.7 Å². The number of carbonyl (C=O) groups excluding carboxylic acids is 10. The normalized spacial score (nSPS) is 16.3. The van der Waals surface area contributed by atoms with Crippen molar-refractivity contribution in [2.75, 3.05) is 33.4 Å². The monoisotopic (exact) mass is 1510 g/mol. The van der Waals surface area contributed by atoms with Gasteiger partial charge < -0.3 is 93.7 Å². The minimum Gasteiger partial charge on any atom is -0.497 e. The molecule has 10 amide bonds. The van der Waals surface area contributed by atoms with E-state index in [1.54, 1.807) is 31.6 Å². The molecule has 0 aliphatic carbocycles. The number of hydrogen-bond donors (Lipinski definition) is 16. The predicted molar refractivity (Wildman–Crippen MR) is 393 cm³/mol. The van der Waals surface area contributed by atoms with Crippen LogP contribution in [0.3, 0.4) is 0 Å². The number of methoxy groups -OCH3 is 1. The molecule has 0 saturated carbocycles. The number of halogens is 1. The van der Waals surface area contributed by atoms with Crippen molar-refractivity contribution in [2.24, 2.45) is 5.73 Å². The second-order valence-corrected chi connectivity index (χ2v) is 27.1. The molecule has 1 fully saturated rings. The molecule has 2 aromatic heterocycles. The first-order valence-electron chi connectivity index (χ1n) is 35.4. The van der Waals surface area contributed by atoms with Crippen molar-refractivity contribution >= 4 is 71.0 Å². The van der Waals surface area contributed by atoms with Gasteiger partial charge >= 0.3 is 11.9 Å². The third kappa shape index (κ3) is 23.5. The van der Waals surface area contributed by atoms with Crippen molar-refractivity contribution in [1.82, 2.24) is 67.7 Å². The summed E-state index contributed by atoms with van der Waals surface area (Å²) >= 11 is 0. The average Bonchev–Trinajstić information content (AvgIpc) is 1.63. The SMILES string of the molecule is CCc1cc(OC)ccc1-c1ccc(C[C@H](NC(=O)[C@H](CC(=O)O)NC(=O)[C@H](CO)NC(=O)[C@@H](NC(=O)C(C)(Cc2ccccc2F)NC(=O)[C@@H](NC(=O)CNC(=O)[C@H](CCC(=O)O)NC(=O)C2(C)CCCN2C(=O)[C@@H](N)Cc2c[nH]cn2)[C@@H](C)O)[C@@H](C)O)C(=O)NCCc2ccc(-c3ccccc3C)nc2)cc1. The highest BCUT2D eigenvalue weighted by Gasteiger charge is 2.48. The van der Waals surface area contributed by atoms with Gasteiger partial charge in [-0.2, -0.15) is 0 Å². The summed E-state index contributed by atoms with van der Waals surface area (Å²) in [7, 11) is 1.57. The summed E-state index contributed by atoms with van der Waals surface area (Å²) in [6, 6.07) is 17.0. The molecule has 11 atom stereocenters. The number of aliphatic carboxylic acids is 2. The van der Waals surface area contributed by atoms with E-state index in [9.17, 15) is 83.1 Å². The number of pyridine rings is 1. The van der Waals surface area contributed by atoms with Crippen LogP contribution in [-0.2, 0) is 89.6 Å². The number of hydrogen-bond acceptors (Lipinski definition) is 19. The van der Waals surface area contributed by atoms with Gasteiger partial charge in [0.05, 0.1) is 62.6 Å². The lowest BCUT2D eigenvalue weighted by Gasteiger charge is -2.36. The van der Waals surface area contributed by atoms with E-state index in [0.717, 1.165) is 65.9 Å². The minimum atomic E-state index is -2.40. The zero-order valence-electron chi connectivity index (χ0n) is 61.5. The number of aryl methyl sites for hydroxylation is 2. The Labute approximate surface area is 628 Å². The number of aromatic amines is 1. The van der Waals surface area contributed by atoms with Crippen molar-refractivity contribution in [2.45, 2.75) is 171 Å². The summed E-state index contributed by atoms with van der Waals surface area (Å²) in [4.78, 5) is 178. The Morgan fingerprint density at radius 2 is 1.36 bits per heavy atom. The fraction of sp³-hybridized carbons (Fsp3) is 0.421. The van der Waals surface area contributed by atoms with E-state index in [1.807, 2.05) is 80.6 Å². The van der Waals surface area contributed by atoms with Crippen LogP contribution < -0.4 is 58.3 Å². The zero-order chi connectivity index (χ0) is 79.9. The molecule has 6 aromatic rings. The molecule has 33 heteroatoms. The average molecular weight is 1510 g/mol. The van der Waals surface area contributed by atoms with E-state index in [-0.39, 0.29) is 37.9 Å². The number of nitrogens with two attached hydrogens (primary N) is 1. The van der Waals surface area contributed by atoms with Crippen LogP contribution in [0, 0.1) is 12.7 Å². The molecule has 1 aliphatic rings. The van der Waals surface area contributed by atoms with Crippen molar-refractivity contribution in [3.8, 4) is 28.1 Å². The quantitative estimate of drug-likeness (QED) is 0.0246. The number of carboxylic acids is 2. The second kappa shape index (κ2) is 39.3. The molecule has 1 aliphatic heterocycles. The number of rotatable bonds is 39. The van der Waals surface area contributed by atoms with E-state index in [4.69, 9.17) is 10.5 Å². The number of amides is 10. The lowest BCUT2D eigenvalue weighted by Crippen LogP contribution is -2.67. The fourth-order valence-corrected chi connectivity index (χ4v) is 12.5. The van der Waals surface area contributed by atoms with Crippen LogP contribution in [0.4, 0.5) is 4.39 Å². The number of H-pyrrole nitrogens is 1. The zero-order valence-corrected chi connectivity index (χ0v) is 61.5. The third-order valence-corrected chi connectivity index (χ3v) is 18.7. The van der Waals surface area contributed by atoms with Gasteiger partial charge in [-0.05, 0) is 130 Å². The van der Waals surface area contributed by atoms with Crippen LogP contribution in [0.15, 0.2) is 122 Å². The topological polar surface area (TPSA) is 494 Å². The first-order valence-corrected chi connectivity index (χ1v) is 35.4. The summed E-state index contributed by atoms with van der Waals surface area (Å²) in [5.74, 6) is -14.1. The molecule has 109 heavy (non-hydrogen) atoms. The first kappa shape index (κ1) is 84.7. The number of nitrogens with zero attached hydrogens (tertiary/aromatic N) is 3. The van der Waals surface area contributed by atoms with Crippen LogP contribution in [0.5, 0.6) is 5.75 Å². The van der Waals surface area contributed by atoms with Gasteiger partial charge in [-0.15, -0.1) is 0 Å². The summed E-state index contributed by atoms with van der Waals surface area (Å²) in [6.07, 6.45) is -0.625. The summed E-state index contributed by atoms with van der Waals surface area (Å²) < 4.78 is 20.9. The Morgan fingerprint density at radius 3 is 1.98 bits per heavy atom. The minimum absolute atomic E-state index is 0.0351. The number of nitrogens with one attached hydrogen (secondary N) is 10. The summed E-state index contributed by atoms with van der Waals surface area (Å²) in [5.41, 5.74) is 9.38. The standard InChI is InChI=1S/C76H95FN14O18/c1-8-47-33-51(109-7)23-24-53(47)48-21-18-45(19-22-48)32-58(67(101)80-30-28-46-20-25-56(81-37-46)52-16-11-9-14-42(52)2)84-68(102)59(35-63(98)99)85-69(103)60(40-92)86-70(104)64(43(3)93)89-73(107)75(5,36-49-15-10-12-17-54(49)77)90-71(105)65(44(4)94)88-61(95)39-82-66(100)57(26-27-62(96)97)87-74(108)76(6)29-13-31-91(76)72(106)55(78)34-50-38-79-41-83-50/h9-12,14-25,33,37-38,41,43-44,55,57-60,64-65,92-94H,8,13,26-32,34-36,39-40,78H2,1-7H3,(H,79,83)(H,80,101)(H,82,100)(H,84,102)(H,85,103)(H,86,104)(H,87,108)(H,88,95)(H,89,107)(H,90,105)(H,96,97)(H,98,99)/t43-,44-,55+,57+,58+,59+,60+,64+,65+,75?,76?/m1/s1. The van der Waals surface area contributed by atoms with E-state index in [0.29, 0.717) is 36.3 Å². The number of ether oxygens (including phenoxy) is 1. The maximum Gasteiger partial charge on any atom is 0.305 e. The first-order chi connectivity index (χ1) is 51.8. The lowest BCUT2D eigenvalue weighted by atomic mass is 9.90. The molecule has 1 saturated heterocycles. The summed E-state index contributed by atoms with van der Waals surface area (Å²) in [6.45, 7) is 6.54. The van der Waals surface area contributed by atoms with Crippen molar-refractivity contribution < 1.29 is 92.2 Å². The Bertz CT molecular complexity index is 4220.